The molecule has 2 N–H and O–H groups in total. The SMILES string of the molecule is COc1ccc(NC(=O)c2c(C)nn(Cc3ccccc3)c2C)cc1NC(C)=O. The average molecular weight is 392 g/mol. The minimum Gasteiger partial charge on any atom is -0.495 e. The Morgan fingerprint density at radius 1 is 1.07 bits per heavy atom. The van der Waals surface area contributed by atoms with Crippen LogP contribution >= 0.6 is 0 Å². The Labute approximate surface area is 169 Å². The molecule has 7 heteroatoms. The summed E-state index contributed by atoms with van der Waals surface area (Å²) < 4.78 is 7.08. The third kappa shape index (κ3) is 4.63. The molecule has 150 valence electrons. The molecule has 0 unspecified atom stereocenters. The Kier molecular flexibility index (Phi) is 5.97. The van der Waals surface area contributed by atoms with Gasteiger partial charge < -0.3 is 15.4 Å². The second-order valence-electron chi connectivity index (χ2n) is 6.74. The van der Waals surface area contributed by atoms with Crippen LogP contribution in [0.3, 0.4) is 0 Å². The van der Waals surface area contributed by atoms with E-state index in [1.165, 1.54) is 14.0 Å². The van der Waals surface area contributed by atoms with Gasteiger partial charge in [-0.05, 0) is 37.6 Å². The van der Waals surface area contributed by atoms with E-state index in [2.05, 4.69) is 15.7 Å². The first-order chi connectivity index (χ1) is 13.9. The number of amides is 2. The van der Waals surface area contributed by atoms with Gasteiger partial charge in [-0.15, -0.1) is 0 Å². The van der Waals surface area contributed by atoms with Crippen LogP contribution in [0.4, 0.5) is 11.4 Å². The number of hydrogen-bond acceptors (Lipinski definition) is 4. The molecule has 1 aromatic heterocycles. The molecule has 2 aromatic carbocycles. The predicted octanol–water partition coefficient (Wildman–Crippen LogP) is 3.77. The third-order valence-electron chi connectivity index (χ3n) is 4.55. The van der Waals surface area contributed by atoms with Crippen LogP contribution in [0, 0.1) is 13.8 Å². The molecule has 0 aliphatic rings. The molecule has 0 bridgehead atoms. The Hall–Kier alpha value is -3.61. The van der Waals surface area contributed by atoms with Crippen LogP contribution < -0.4 is 15.4 Å². The van der Waals surface area contributed by atoms with Gasteiger partial charge in [0, 0.05) is 18.3 Å². The summed E-state index contributed by atoms with van der Waals surface area (Å²) in [5.74, 6) is 0.0418. The number of methoxy groups -OCH3 is 1. The number of carbonyl (C=O) groups is 2. The fourth-order valence-electron chi connectivity index (χ4n) is 3.20. The van der Waals surface area contributed by atoms with E-state index in [0.29, 0.717) is 34.9 Å². The summed E-state index contributed by atoms with van der Waals surface area (Å²) in [7, 11) is 1.52. The number of rotatable bonds is 6. The Morgan fingerprint density at radius 2 is 1.79 bits per heavy atom. The molecule has 3 aromatic rings. The van der Waals surface area contributed by atoms with Crippen molar-refractivity contribution in [2.75, 3.05) is 17.7 Å². The molecule has 0 radical (unpaired) electrons. The lowest BCUT2D eigenvalue weighted by Crippen LogP contribution is -2.15. The first kappa shape index (κ1) is 20.1. The normalized spacial score (nSPS) is 10.5. The molecule has 0 aliphatic carbocycles. The second-order valence-corrected chi connectivity index (χ2v) is 6.74. The molecule has 2 amide bonds. The minimum absolute atomic E-state index is 0.222. The zero-order chi connectivity index (χ0) is 21.0. The van der Waals surface area contributed by atoms with E-state index in [1.807, 2.05) is 48.9 Å². The molecule has 29 heavy (non-hydrogen) atoms. The van der Waals surface area contributed by atoms with Crippen LogP contribution in [0.1, 0.15) is 34.2 Å². The number of anilines is 2. The lowest BCUT2D eigenvalue weighted by atomic mass is 10.1. The Bertz CT molecular complexity index is 1040. The maximum Gasteiger partial charge on any atom is 0.259 e. The highest BCUT2D eigenvalue weighted by Crippen LogP contribution is 2.28. The van der Waals surface area contributed by atoms with Gasteiger partial charge in [0.05, 0.1) is 30.6 Å². The number of aryl methyl sites for hydroxylation is 1. The van der Waals surface area contributed by atoms with Crippen molar-refractivity contribution < 1.29 is 14.3 Å². The molecule has 0 atom stereocenters. The third-order valence-corrected chi connectivity index (χ3v) is 4.55. The number of carbonyl (C=O) groups excluding carboxylic acids is 2. The molecule has 1 heterocycles. The van der Waals surface area contributed by atoms with E-state index in [9.17, 15) is 9.59 Å². The lowest BCUT2D eigenvalue weighted by molar-refractivity contribution is -0.114. The number of nitrogens with one attached hydrogen (secondary N) is 2. The van der Waals surface area contributed by atoms with Crippen LogP contribution in [-0.2, 0) is 11.3 Å². The fourth-order valence-corrected chi connectivity index (χ4v) is 3.20. The Balaban J connectivity index is 1.83. The molecule has 7 nitrogen and oxygen atoms in total. The van der Waals surface area contributed by atoms with Crippen molar-refractivity contribution in [1.82, 2.24) is 9.78 Å². The van der Waals surface area contributed by atoms with E-state index in [4.69, 9.17) is 4.74 Å². The zero-order valence-electron chi connectivity index (χ0n) is 16.9. The number of hydrogen-bond donors (Lipinski definition) is 2. The van der Waals surface area contributed by atoms with Crippen molar-refractivity contribution in [3.63, 3.8) is 0 Å². The molecule has 0 aliphatic heterocycles. The van der Waals surface area contributed by atoms with Crippen LogP contribution in [-0.4, -0.2) is 28.7 Å². The second kappa shape index (κ2) is 8.60. The highest BCUT2D eigenvalue weighted by molar-refractivity contribution is 6.06. The van der Waals surface area contributed by atoms with Crippen LogP contribution in [0.25, 0.3) is 0 Å². The highest BCUT2D eigenvalue weighted by Gasteiger charge is 2.19. The van der Waals surface area contributed by atoms with E-state index in [0.717, 1.165) is 11.3 Å². The molecule has 0 saturated heterocycles. The molecule has 0 spiro atoms. The number of aromatic nitrogens is 2. The molecule has 0 saturated carbocycles. The van der Waals surface area contributed by atoms with Gasteiger partial charge in [-0.3, -0.25) is 14.3 Å². The van der Waals surface area contributed by atoms with Crippen molar-refractivity contribution in [2.45, 2.75) is 27.3 Å². The van der Waals surface area contributed by atoms with Crippen molar-refractivity contribution in [2.24, 2.45) is 0 Å². The van der Waals surface area contributed by atoms with Gasteiger partial charge in [0.1, 0.15) is 5.75 Å². The lowest BCUT2D eigenvalue weighted by Gasteiger charge is -2.12. The van der Waals surface area contributed by atoms with Crippen LogP contribution in [0.15, 0.2) is 48.5 Å². The number of nitrogens with zero attached hydrogens (tertiary/aromatic N) is 2. The van der Waals surface area contributed by atoms with Crippen LogP contribution in [0.2, 0.25) is 0 Å². The number of benzene rings is 2. The van der Waals surface area contributed by atoms with Gasteiger partial charge in [-0.1, -0.05) is 30.3 Å². The number of ether oxygens (including phenoxy) is 1. The van der Waals surface area contributed by atoms with Gasteiger partial charge >= 0.3 is 0 Å². The van der Waals surface area contributed by atoms with Gasteiger partial charge in [0.2, 0.25) is 5.91 Å². The average Bonchev–Trinajstić information content (AvgIpc) is 2.95. The standard InChI is InChI=1S/C22H24N4O3/c1-14-21(15(2)26(25-14)13-17-8-6-5-7-9-17)22(28)24-18-10-11-20(29-4)19(12-18)23-16(3)27/h5-12H,13H2,1-4H3,(H,23,27)(H,24,28). The first-order valence-electron chi connectivity index (χ1n) is 9.24. The van der Waals surface area contributed by atoms with Crippen molar-refractivity contribution in [3.8, 4) is 5.75 Å². The largest absolute Gasteiger partial charge is 0.495 e. The van der Waals surface area contributed by atoms with Gasteiger partial charge in [-0.25, -0.2) is 0 Å². The van der Waals surface area contributed by atoms with E-state index < -0.39 is 0 Å². The van der Waals surface area contributed by atoms with Crippen LogP contribution in [0.5, 0.6) is 5.75 Å². The zero-order valence-corrected chi connectivity index (χ0v) is 16.9. The van der Waals surface area contributed by atoms with E-state index in [1.54, 1.807) is 18.2 Å². The van der Waals surface area contributed by atoms with Crippen molar-refractivity contribution >= 4 is 23.2 Å². The van der Waals surface area contributed by atoms with Crippen molar-refractivity contribution in [1.29, 1.82) is 0 Å². The summed E-state index contributed by atoms with van der Waals surface area (Å²) in [4.78, 5) is 24.3. The summed E-state index contributed by atoms with van der Waals surface area (Å²) in [5, 5.41) is 10.1. The summed E-state index contributed by atoms with van der Waals surface area (Å²) in [5.41, 5.74) is 4.14. The van der Waals surface area contributed by atoms with E-state index >= 15 is 0 Å². The topological polar surface area (TPSA) is 85.2 Å². The van der Waals surface area contributed by atoms with Gasteiger partial charge in [-0.2, -0.15) is 5.10 Å². The minimum atomic E-state index is -0.252. The summed E-state index contributed by atoms with van der Waals surface area (Å²) >= 11 is 0. The fraction of sp³-hybridized carbons (Fsp3) is 0.227. The molecular weight excluding hydrogens is 368 g/mol. The van der Waals surface area contributed by atoms with Gasteiger partial charge in [0.15, 0.2) is 0 Å². The van der Waals surface area contributed by atoms with Gasteiger partial charge in [0.25, 0.3) is 5.91 Å². The maximum absolute atomic E-state index is 12.9. The Morgan fingerprint density at radius 3 is 2.45 bits per heavy atom. The maximum atomic E-state index is 12.9. The quantitative estimate of drug-likeness (QED) is 0.669. The smallest absolute Gasteiger partial charge is 0.259 e. The van der Waals surface area contributed by atoms with E-state index in [-0.39, 0.29) is 11.8 Å². The monoisotopic (exact) mass is 392 g/mol. The summed E-state index contributed by atoms with van der Waals surface area (Å²) in [6.07, 6.45) is 0. The summed E-state index contributed by atoms with van der Waals surface area (Å²) in [6, 6.07) is 15.1. The molecule has 3 rings (SSSR count). The highest BCUT2D eigenvalue weighted by atomic mass is 16.5. The first-order valence-corrected chi connectivity index (χ1v) is 9.24. The summed E-state index contributed by atoms with van der Waals surface area (Å²) in [6.45, 7) is 5.71. The van der Waals surface area contributed by atoms with Crippen molar-refractivity contribution in [3.05, 3.63) is 71.0 Å². The molecule has 0 fully saturated rings. The molecular formula is C22H24N4O3. The predicted molar refractivity (Wildman–Crippen MR) is 112 cm³/mol.